The van der Waals surface area contributed by atoms with Gasteiger partial charge in [0.25, 0.3) is 0 Å². The highest BCUT2D eigenvalue weighted by Gasteiger charge is 2.15. The molecule has 0 fully saturated rings. The minimum atomic E-state index is -0.622. The van der Waals surface area contributed by atoms with Crippen molar-refractivity contribution in [3.63, 3.8) is 0 Å². The lowest BCUT2D eigenvalue weighted by Crippen LogP contribution is -2.10. The van der Waals surface area contributed by atoms with E-state index < -0.39 is 11.8 Å². The minimum absolute atomic E-state index is 0.00952. The van der Waals surface area contributed by atoms with Gasteiger partial charge in [-0.05, 0) is 19.1 Å². The van der Waals surface area contributed by atoms with Crippen molar-refractivity contribution in [1.29, 1.82) is 0 Å². The van der Waals surface area contributed by atoms with E-state index in [0.29, 0.717) is 6.29 Å². The summed E-state index contributed by atoms with van der Waals surface area (Å²) < 4.78 is 18.0. The highest BCUT2D eigenvalue weighted by molar-refractivity contribution is 6.33. The number of ether oxygens (including phenoxy) is 1. The maximum absolute atomic E-state index is 13.4. The fraction of sp³-hybridized carbons (Fsp3) is 0.273. The van der Waals surface area contributed by atoms with Gasteiger partial charge in [0.1, 0.15) is 5.82 Å². The van der Waals surface area contributed by atoms with Crippen LogP contribution in [0.1, 0.15) is 22.8 Å². The molecule has 0 aliphatic heterocycles. The molecule has 0 spiro atoms. The largest absolute Gasteiger partial charge is 0.466 e. The van der Waals surface area contributed by atoms with Crippen LogP contribution in [0.25, 0.3) is 0 Å². The SMILES string of the molecule is CCOC(=O)Cc1c(F)ccc(C=O)c1Cl. The van der Waals surface area contributed by atoms with Gasteiger partial charge in [-0.2, -0.15) is 0 Å². The minimum Gasteiger partial charge on any atom is -0.466 e. The normalized spacial score (nSPS) is 9.94. The molecule has 0 amide bonds. The summed E-state index contributed by atoms with van der Waals surface area (Å²) in [7, 11) is 0. The Morgan fingerprint density at radius 2 is 2.25 bits per heavy atom. The molecule has 0 N–H and O–H groups in total. The van der Waals surface area contributed by atoms with E-state index in [2.05, 4.69) is 4.74 Å². The molecule has 0 aliphatic rings. The predicted octanol–water partition coefficient (Wildman–Crippen LogP) is 2.40. The van der Waals surface area contributed by atoms with Crippen molar-refractivity contribution in [2.75, 3.05) is 6.61 Å². The van der Waals surface area contributed by atoms with Crippen molar-refractivity contribution in [2.24, 2.45) is 0 Å². The van der Waals surface area contributed by atoms with Crippen molar-refractivity contribution in [1.82, 2.24) is 0 Å². The summed E-state index contributed by atoms with van der Waals surface area (Å²) in [5, 5.41) is -0.0388. The Morgan fingerprint density at radius 3 is 2.81 bits per heavy atom. The van der Waals surface area contributed by atoms with Crippen molar-refractivity contribution in [2.45, 2.75) is 13.3 Å². The zero-order valence-corrected chi connectivity index (χ0v) is 9.38. The molecule has 0 radical (unpaired) electrons. The van der Waals surface area contributed by atoms with E-state index in [4.69, 9.17) is 11.6 Å². The van der Waals surface area contributed by atoms with Crippen molar-refractivity contribution >= 4 is 23.9 Å². The Kier molecular flexibility index (Phi) is 4.43. The summed E-state index contributed by atoms with van der Waals surface area (Å²) in [4.78, 5) is 21.8. The number of esters is 1. The number of benzene rings is 1. The number of carbonyl (C=O) groups is 2. The van der Waals surface area contributed by atoms with Gasteiger partial charge in [0.05, 0.1) is 18.1 Å². The van der Waals surface area contributed by atoms with Crippen molar-refractivity contribution in [3.8, 4) is 0 Å². The Morgan fingerprint density at radius 1 is 1.56 bits per heavy atom. The lowest BCUT2D eigenvalue weighted by molar-refractivity contribution is -0.142. The molecule has 1 aromatic rings. The number of aldehydes is 1. The quantitative estimate of drug-likeness (QED) is 0.603. The van der Waals surface area contributed by atoms with E-state index >= 15 is 0 Å². The first-order valence-electron chi connectivity index (χ1n) is 4.67. The average molecular weight is 245 g/mol. The monoisotopic (exact) mass is 244 g/mol. The van der Waals surface area contributed by atoms with Gasteiger partial charge < -0.3 is 4.74 Å². The molecule has 0 aromatic heterocycles. The van der Waals surface area contributed by atoms with Crippen LogP contribution >= 0.6 is 11.6 Å². The van der Waals surface area contributed by atoms with E-state index in [-0.39, 0.29) is 29.2 Å². The molecule has 0 saturated carbocycles. The van der Waals surface area contributed by atoms with Crippen LogP contribution < -0.4 is 0 Å². The van der Waals surface area contributed by atoms with Crippen molar-refractivity contribution in [3.05, 3.63) is 34.1 Å². The number of halogens is 2. The molecule has 3 nitrogen and oxygen atoms in total. The predicted molar refractivity (Wildman–Crippen MR) is 57.1 cm³/mol. The molecule has 1 rings (SSSR count). The maximum Gasteiger partial charge on any atom is 0.310 e. The summed E-state index contributed by atoms with van der Waals surface area (Å²) >= 11 is 5.78. The summed E-state index contributed by atoms with van der Waals surface area (Å²) in [6, 6.07) is 2.36. The second-order valence-electron chi connectivity index (χ2n) is 3.03. The zero-order valence-electron chi connectivity index (χ0n) is 8.63. The van der Waals surface area contributed by atoms with Crippen LogP contribution in [0.3, 0.4) is 0 Å². The van der Waals surface area contributed by atoms with E-state index in [1.807, 2.05) is 0 Å². The Labute approximate surface area is 97.2 Å². The Hall–Kier alpha value is -1.42. The number of rotatable bonds is 4. The second kappa shape index (κ2) is 5.61. The van der Waals surface area contributed by atoms with Crippen LogP contribution in [0.4, 0.5) is 4.39 Å². The first-order chi connectivity index (χ1) is 7.60. The van der Waals surface area contributed by atoms with Gasteiger partial charge in [0.2, 0.25) is 0 Å². The van der Waals surface area contributed by atoms with Crippen LogP contribution in [-0.4, -0.2) is 18.9 Å². The molecular weight excluding hydrogens is 235 g/mol. The third-order valence-corrected chi connectivity index (χ3v) is 2.42. The van der Waals surface area contributed by atoms with Crippen LogP contribution in [0, 0.1) is 5.82 Å². The summed E-state index contributed by atoms with van der Waals surface area (Å²) in [5.41, 5.74) is 0.145. The van der Waals surface area contributed by atoms with E-state index in [1.54, 1.807) is 6.92 Å². The number of carbonyl (C=O) groups excluding carboxylic acids is 2. The fourth-order valence-electron chi connectivity index (χ4n) is 1.23. The Bertz CT molecular complexity index is 418. The molecule has 0 unspecified atom stereocenters. The van der Waals surface area contributed by atoms with Gasteiger partial charge in [-0.15, -0.1) is 0 Å². The number of hydrogen-bond acceptors (Lipinski definition) is 3. The molecule has 5 heteroatoms. The third-order valence-electron chi connectivity index (χ3n) is 1.97. The molecule has 0 atom stereocenters. The number of hydrogen-bond donors (Lipinski definition) is 0. The van der Waals surface area contributed by atoms with Gasteiger partial charge in [-0.3, -0.25) is 9.59 Å². The van der Waals surface area contributed by atoms with Gasteiger partial charge in [0, 0.05) is 11.1 Å². The molecule has 0 saturated heterocycles. The fourth-order valence-corrected chi connectivity index (χ4v) is 1.49. The molecule has 0 aliphatic carbocycles. The molecule has 0 heterocycles. The van der Waals surface area contributed by atoms with Crippen LogP contribution in [-0.2, 0) is 16.0 Å². The summed E-state index contributed by atoms with van der Waals surface area (Å²) in [5.74, 6) is -1.20. The smallest absolute Gasteiger partial charge is 0.310 e. The van der Waals surface area contributed by atoms with E-state index in [1.165, 1.54) is 6.07 Å². The van der Waals surface area contributed by atoms with Gasteiger partial charge in [-0.25, -0.2) is 4.39 Å². The maximum atomic E-state index is 13.4. The molecule has 16 heavy (non-hydrogen) atoms. The highest BCUT2D eigenvalue weighted by atomic mass is 35.5. The van der Waals surface area contributed by atoms with Crippen LogP contribution in [0.2, 0.25) is 5.02 Å². The lowest BCUT2D eigenvalue weighted by atomic mass is 10.1. The van der Waals surface area contributed by atoms with Gasteiger partial charge in [0.15, 0.2) is 6.29 Å². The average Bonchev–Trinajstić information content (AvgIpc) is 2.25. The topological polar surface area (TPSA) is 43.4 Å². The Balaban J connectivity index is 3.02. The third kappa shape index (κ3) is 2.79. The summed E-state index contributed by atoms with van der Waals surface area (Å²) in [6.45, 7) is 1.86. The first-order valence-corrected chi connectivity index (χ1v) is 5.05. The van der Waals surface area contributed by atoms with Crippen LogP contribution in [0.15, 0.2) is 12.1 Å². The van der Waals surface area contributed by atoms with E-state index in [0.717, 1.165) is 6.07 Å². The van der Waals surface area contributed by atoms with Crippen molar-refractivity contribution < 1.29 is 18.7 Å². The molecule has 1 aromatic carbocycles. The van der Waals surface area contributed by atoms with Gasteiger partial charge >= 0.3 is 5.97 Å². The lowest BCUT2D eigenvalue weighted by Gasteiger charge is -2.07. The molecule has 86 valence electrons. The molecule has 0 bridgehead atoms. The van der Waals surface area contributed by atoms with Crippen LogP contribution in [0.5, 0.6) is 0 Å². The van der Waals surface area contributed by atoms with Gasteiger partial charge in [-0.1, -0.05) is 11.6 Å². The summed E-state index contributed by atoms with van der Waals surface area (Å²) in [6.07, 6.45) is 0.233. The zero-order chi connectivity index (χ0) is 12.1. The van der Waals surface area contributed by atoms with E-state index in [9.17, 15) is 14.0 Å². The highest BCUT2D eigenvalue weighted by Crippen LogP contribution is 2.23. The second-order valence-corrected chi connectivity index (χ2v) is 3.41. The molecular formula is C11H10ClFO3. The first kappa shape index (κ1) is 12.6. The standard InChI is InChI=1S/C11H10ClFO3/c1-2-16-10(15)5-8-9(13)4-3-7(6-14)11(8)12/h3-4,6H,2,5H2,1H3.